The lowest BCUT2D eigenvalue weighted by molar-refractivity contribution is -0.419. The minimum absolute atomic E-state index is 0.0391. The van der Waals surface area contributed by atoms with Crippen molar-refractivity contribution in [3.8, 4) is 0 Å². The van der Waals surface area contributed by atoms with Gasteiger partial charge in [0.05, 0.1) is 31.1 Å². The molecule has 15 nitrogen and oxygen atoms in total. The van der Waals surface area contributed by atoms with Gasteiger partial charge in [0.1, 0.15) is 0 Å². The lowest BCUT2D eigenvalue weighted by atomic mass is 9.91. The Bertz CT molecular complexity index is 896. The Kier molecular flexibility index (Phi) is 12.3. The highest BCUT2D eigenvalue weighted by Crippen LogP contribution is 2.24. The third-order valence-electron chi connectivity index (χ3n) is 6.53. The molecule has 2 atom stereocenters. The molecule has 0 spiro atoms. The van der Waals surface area contributed by atoms with Gasteiger partial charge in [0.2, 0.25) is 0 Å². The molecule has 1 aliphatic heterocycles. The highest BCUT2D eigenvalue weighted by atomic mass is 16.6. The minimum Gasteiger partial charge on any atom is -0.480 e. The van der Waals surface area contributed by atoms with E-state index in [1.54, 1.807) is 15.9 Å². The van der Waals surface area contributed by atoms with Gasteiger partial charge in [-0.2, -0.15) is 0 Å². The standard InChI is InChI=1S/C23H35N5O10/c29-20(30)13-25-7-5-24(6-8-26(10-9-25)14-21(31)32)12-19(27(15-22(33)34)16-23(35)36)11-17-1-3-18(4-2-17)28(37)38/h1,3-4,17,19H,2,5-16H2,(H,29,30)(H,31,32)(H,33,34)(H,35,36). The van der Waals surface area contributed by atoms with Crippen molar-refractivity contribution in [3.63, 3.8) is 0 Å². The van der Waals surface area contributed by atoms with E-state index in [9.17, 15) is 49.7 Å². The van der Waals surface area contributed by atoms with Gasteiger partial charge in [-0.15, -0.1) is 0 Å². The molecule has 2 unspecified atom stereocenters. The Hall–Kier alpha value is -3.40. The molecule has 2 aliphatic rings. The second-order valence-electron chi connectivity index (χ2n) is 9.46. The highest BCUT2D eigenvalue weighted by molar-refractivity contribution is 5.72. The van der Waals surface area contributed by atoms with Crippen LogP contribution in [0.1, 0.15) is 12.8 Å². The maximum absolute atomic E-state index is 11.6. The lowest BCUT2D eigenvalue weighted by Gasteiger charge is -2.36. The predicted molar refractivity (Wildman–Crippen MR) is 132 cm³/mol. The quantitative estimate of drug-likeness (QED) is 0.154. The van der Waals surface area contributed by atoms with Gasteiger partial charge in [-0.25, -0.2) is 0 Å². The molecule has 0 radical (unpaired) electrons. The van der Waals surface area contributed by atoms with Crippen LogP contribution in [0.25, 0.3) is 0 Å². The molecule has 0 amide bonds. The van der Waals surface area contributed by atoms with Crippen molar-refractivity contribution in [2.24, 2.45) is 5.92 Å². The number of carboxylic acids is 4. The Morgan fingerprint density at radius 2 is 1.34 bits per heavy atom. The first kappa shape index (κ1) is 30.8. The van der Waals surface area contributed by atoms with Crippen LogP contribution < -0.4 is 0 Å². The van der Waals surface area contributed by atoms with Crippen molar-refractivity contribution in [3.05, 3.63) is 34.0 Å². The van der Waals surface area contributed by atoms with Gasteiger partial charge in [-0.1, -0.05) is 6.08 Å². The summed E-state index contributed by atoms with van der Waals surface area (Å²) in [6, 6.07) is -0.552. The zero-order valence-corrected chi connectivity index (χ0v) is 21.1. The molecular formula is C23H35N5O10. The maximum Gasteiger partial charge on any atom is 0.317 e. The first-order valence-electron chi connectivity index (χ1n) is 12.2. The van der Waals surface area contributed by atoms with E-state index in [4.69, 9.17) is 0 Å². The molecule has 0 aromatic rings. The maximum atomic E-state index is 11.6. The molecule has 1 aliphatic carbocycles. The van der Waals surface area contributed by atoms with Crippen LogP contribution in [0.2, 0.25) is 0 Å². The number of carboxylic acid groups (broad SMARTS) is 4. The predicted octanol–water partition coefficient (Wildman–Crippen LogP) is -0.958. The number of hydrogen-bond donors (Lipinski definition) is 4. The molecule has 2 rings (SSSR count). The normalized spacial score (nSPS) is 20.7. The third-order valence-corrected chi connectivity index (χ3v) is 6.53. The fraction of sp³-hybridized carbons (Fsp3) is 0.652. The molecule has 4 N–H and O–H groups in total. The average Bonchev–Trinajstić information content (AvgIpc) is 2.89. The summed E-state index contributed by atoms with van der Waals surface area (Å²) in [5.74, 6) is -4.61. The number of aliphatic carboxylic acids is 4. The second-order valence-corrected chi connectivity index (χ2v) is 9.46. The zero-order valence-electron chi connectivity index (χ0n) is 21.1. The van der Waals surface area contributed by atoms with Crippen molar-refractivity contribution in [2.45, 2.75) is 18.9 Å². The van der Waals surface area contributed by atoms with Crippen molar-refractivity contribution in [2.75, 3.05) is 72.0 Å². The van der Waals surface area contributed by atoms with Crippen LogP contribution in [0.3, 0.4) is 0 Å². The smallest absolute Gasteiger partial charge is 0.317 e. The number of hydrogen-bond acceptors (Lipinski definition) is 10. The van der Waals surface area contributed by atoms with Gasteiger partial charge in [0, 0.05) is 57.9 Å². The molecule has 15 heteroatoms. The fourth-order valence-corrected chi connectivity index (χ4v) is 4.68. The van der Waals surface area contributed by atoms with Gasteiger partial charge in [-0.3, -0.25) is 48.9 Å². The Morgan fingerprint density at radius 3 is 1.71 bits per heavy atom. The molecule has 0 aromatic carbocycles. The fourth-order valence-electron chi connectivity index (χ4n) is 4.68. The number of rotatable bonds is 14. The first-order chi connectivity index (χ1) is 17.9. The van der Waals surface area contributed by atoms with Crippen LogP contribution in [0, 0.1) is 16.0 Å². The minimum atomic E-state index is -1.20. The number of allylic oxidation sites excluding steroid dienone is 3. The summed E-state index contributed by atoms with van der Waals surface area (Å²) in [4.78, 5) is 63.0. The van der Waals surface area contributed by atoms with Crippen molar-refractivity contribution in [1.29, 1.82) is 0 Å². The SMILES string of the molecule is O=C(O)CN1CCN(CC(=O)O)CCN(CC(CC2C=CC([N+](=O)[O-])=CC2)N(CC(=O)O)CC(=O)O)CC1. The first-order valence-corrected chi connectivity index (χ1v) is 12.2. The van der Waals surface area contributed by atoms with Crippen LogP contribution in [0.5, 0.6) is 0 Å². The molecule has 1 fully saturated rings. The Balaban J connectivity index is 2.26. The van der Waals surface area contributed by atoms with Crippen molar-refractivity contribution >= 4 is 23.9 Å². The Morgan fingerprint density at radius 1 is 0.868 bits per heavy atom. The number of carbonyl (C=O) groups is 4. The van der Waals surface area contributed by atoms with E-state index in [1.165, 1.54) is 17.1 Å². The summed E-state index contributed by atoms with van der Waals surface area (Å²) >= 11 is 0. The monoisotopic (exact) mass is 541 g/mol. The van der Waals surface area contributed by atoms with E-state index >= 15 is 0 Å². The average molecular weight is 542 g/mol. The molecule has 1 heterocycles. The van der Waals surface area contributed by atoms with Gasteiger partial charge in [0.25, 0.3) is 5.70 Å². The van der Waals surface area contributed by atoms with E-state index < -0.39 is 47.9 Å². The van der Waals surface area contributed by atoms with Crippen molar-refractivity contribution < 1.29 is 44.5 Å². The van der Waals surface area contributed by atoms with E-state index in [1.807, 2.05) is 4.90 Å². The topological polar surface area (TPSA) is 205 Å². The molecule has 38 heavy (non-hydrogen) atoms. The van der Waals surface area contributed by atoms with Crippen molar-refractivity contribution in [1.82, 2.24) is 19.6 Å². The van der Waals surface area contributed by atoms with Crippen LogP contribution in [-0.4, -0.2) is 147 Å². The van der Waals surface area contributed by atoms with E-state index in [-0.39, 0.29) is 31.2 Å². The summed E-state index contributed by atoms with van der Waals surface area (Å²) in [6.07, 6.45) is 5.22. The largest absolute Gasteiger partial charge is 0.480 e. The molecular weight excluding hydrogens is 506 g/mol. The summed E-state index contributed by atoms with van der Waals surface area (Å²) in [7, 11) is 0. The molecule has 1 saturated heterocycles. The molecule has 0 bridgehead atoms. The molecule has 0 aromatic heterocycles. The Labute approximate surface area is 219 Å². The van der Waals surface area contributed by atoms with Gasteiger partial charge < -0.3 is 20.4 Å². The van der Waals surface area contributed by atoms with E-state index in [2.05, 4.69) is 0 Å². The highest BCUT2D eigenvalue weighted by Gasteiger charge is 2.29. The van der Waals surface area contributed by atoms with Crippen LogP contribution in [-0.2, 0) is 19.2 Å². The summed E-state index contributed by atoms with van der Waals surface area (Å²) < 4.78 is 0. The number of nitro groups is 1. The van der Waals surface area contributed by atoms with E-state index in [0.29, 0.717) is 52.1 Å². The summed E-state index contributed by atoms with van der Waals surface area (Å²) in [5, 5.41) is 48.4. The van der Waals surface area contributed by atoms with Crippen LogP contribution in [0.4, 0.5) is 0 Å². The van der Waals surface area contributed by atoms with Crippen LogP contribution in [0.15, 0.2) is 23.9 Å². The number of nitrogens with zero attached hydrogens (tertiary/aromatic N) is 5. The summed E-state index contributed by atoms with van der Waals surface area (Å²) in [5.41, 5.74) is -0.0391. The molecule has 0 saturated carbocycles. The second kappa shape index (κ2) is 15.1. The van der Waals surface area contributed by atoms with E-state index in [0.717, 1.165) is 0 Å². The van der Waals surface area contributed by atoms with Crippen LogP contribution >= 0.6 is 0 Å². The van der Waals surface area contributed by atoms with Gasteiger partial charge in [-0.05, 0) is 24.8 Å². The third kappa shape index (κ3) is 11.3. The molecule has 212 valence electrons. The van der Waals surface area contributed by atoms with Gasteiger partial charge >= 0.3 is 23.9 Å². The lowest BCUT2D eigenvalue weighted by Crippen LogP contribution is -2.50. The summed E-state index contributed by atoms with van der Waals surface area (Å²) in [6.45, 7) is 1.04. The van der Waals surface area contributed by atoms with Gasteiger partial charge in [0.15, 0.2) is 0 Å². The zero-order chi connectivity index (χ0) is 28.2.